The van der Waals surface area contributed by atoms with Crippen molar-refractivity contribution >= 4 is 17.7 Å². The molecule has 1 saturated carbocycles. The predicted octanol–water partition coefficient (Wildman–Crippen LogP) is 5.17. The van der Waals surface area contributed by atoms with Crippen LogP contribution in [0.25, 0.3) is 5.69 Å². The van der Waals surface area contributed by atoms with Crippen molar-refractivity contribution in [3.63, 3.8) is 0 Å². The van der Waals surface area contributed by atoms with Gasteiger partial charge in [-0.2, -0.15) is 0 Å². The number of amides is 1. The Kier molecular flexibility index (Phi) is 8.63. The first-order valence-electron chi connectivity index (χ1n) is 12.0. The van der Waals surface area contributed by atoms with Crippen molar-refractivity contribution < 1.29 is 18.7 Å². The standard InChI is InChI=1S/C26H31FN4O3S/c1-18(25(32)28-16-19-8-4-3-5-9-19)35-26-30-29-24(31(26)23-11-7-6-10-22(23)27)17-34-21-14-12-20(33-2)13-15-21/h6-7,10-15,18-19H,3-5,8-9,16-17H2,1-2H3,(H,28,32). The van der Waals surface area contributed by atoms with Crippen LogP contribution in [0.3, 0.4) is 0 Å². The zero-order valence-corrected chi connectivity index (χ0v) is 20.9. The highest BCUT2D eigenvalue weighted by molar-refractivity contribution is 8.00. The second kappa shape index (κ2) is 12.1. The summed E-state index contributed by atoms with van der Waals surface area (Å²) < 4.78 is 27.4. The number of methoxy groups -OCH3 is 1. The van der Waals surface area contributed by atoms with Crippen molar-refractivity contribution in [2.24, 2.45) is 5.92 Å². The molecule has 0 spiro atoms. The summed E-state index contributed by atoms with van der Waals surface area (Å²) in [7, 11) is 1.60. The Morgan fingerprint density at radius 2 is 1.83 bits per heavy atom. The lowest BCUT2D eigenvalue weighted by atomic mass is 9.89. The Morgan fingerprint density at radius 3 is 2.54 bits per heavy atom. The lowest BCUT2D eigenvalue weighted by Gasteiger charge is -2.22. The van der Waals surface area contributed by atoms with Gasteiger partial charge in [-0.1, -0.05) is 43.2 Å². The van der Waals surface area contributed by atoms with E-state index in [0.29, 0.717) is 34.9 Å². The molecule has 0 saturated heterocycles. The maximum Gasteiger partial charge on any atom is 0.233 e. The molecular weight excluding hydrogens is 467 g/mol. The van der Waals surface area contributed by atoms with E-state index in [0.717, 1.165) is 5.75 Å². The van der Waals surface area contributed by atoms with Gasteiger partial charge in [0.25, 0.3) is 0 Å². The summed E-state index contributed by atoms with van der Waals surface area (Å²) in [6.45, 7) is 2.61. The van der Waals surface area contributed by atoms with Crippen LogP contribution in [0.4, 0.5) is 4.39 Å². The number of rotatable bonds is 10. The molecule has 0 aliphatic heterocycles. The highest BCUT2D eigenvalue weighted by Gasteiger charge is 2.23. The molecule has 7 nitrogen and oxygen atoms in total. The van der Waals surface area contributed by atoms with Gasteiger partial charge in [-0.05, 0) is 62.1 Å². The quantitative estimate of drug-likeness (QED) is 0.389. The van der Waals surface area contributed by atoms with Gasteiger partial charge in [0.2, 0.25) is 5.91 Å². The average molecular weight is 499 g/mol. The third kappa shape index (κ3) is 6.54. The number of nitrogens with one attached hydrogen (secondary N) is 1. The van der Waals surface area contributed by atoms with Crippen LogP contribution in [0.15, 0.2) is 53.7 Å². The number of carbonyl (C=O) groups excluding carboxylic acids is 1. The molecule has 1 aliphatic carbocycles. The number of hydrogen-bond donors (Lipinski definition) is 1. The summed E-state index contributed by atoms with van der Waals surface area (Å²) in [5, 5.41) is 11.6. The Labute approximate surface area is 209 Å². The third-order valence-corrected chi connectivity index (χ3v) is 7.20. The molecule has 3 aromatic rings. The molecule has 186 valence electrons. The molecule has 9 heteroatoms. The number of carbonyl (C=O) groups is 1. The maximum atomic E-state index is 14.8. The van der Waals surface area contributed by atoms with Crippen LogP contribution in [0.2, 0.25) is 0 Å². The van der Waals surface area contributed by atoms with Gasteiger partial charge < -0.3 is 14.8 Å². The van der Waals surface area contributed by atoms with Crippen LogP contribution < -0.4 is 14.8 Å². The summed E-state index contributed by atoms with van der Waals surface area (Å²) in [5.74, 6) is 1.87. The zero-order chi connectivity index (χ0) is 24.6. The normalized spacial score (nSPS) is 14.9. The number of thioether (sulfide) groups is 1. The Balaban J connectivity index is 1.48. The molecule has 1 fully saturated rings. The van der Waals surface area contributed by atoms with Crippen LogP contribution in [0, 0.1) is 11.7 Å². The van der Waals surface area contributed by atoms with E-state index in [-0.39, 0.29) is 12.5 Å². The highest BCUT2D eigenvalue weighted by atomic mass is 32.2. The van der Waals surface area contributed by atoms with Gasteiger partial charge in [0, 0.05) is 6.54 Å². The number of benzene rings is 2. The molecule has 1 atom stereocenters. The molecular formula is C26H31FN4O3S. The molecule has 35 heavy (non-hydrogen) atoms. The molecule has 2 aromatic carbocycles. The van der Waals surface area contributed by atoms with Gasteiger partial charge in [0.05, 0.1) is 18.0 Å². The minimum Gasteiger partial charge on any atom is -0.497 e. The van der Waals surface area contributed by atoms with E-state index >= 15 is 0 Å². The first kappa shape index (κ1) is 25.0. The van der Waals surface area contributed by atoms with Crippen molar-refractivity contribution in [3.8, 4) is 17.2 Å². The number of para-hydroxylation sites is 1. The first-order chi connectivity index (χ1) is 17.0. The molecule has 1 heterocycles. The van der Waals surface area contributed by atoms with E-state index in [1.807, 2.05) is 6.92 Å². The molecule has 1 amide bonds. The molecule has 1 aliphatic rings. The molecule has 0 radical (unpaired) electrons. The fourth-order valence-corrected chi connectivity index (χ4v) is 5.06. The lowest BCUT2D eigenvalue weighted by molar-refractivity contribution is -0.120. The fourth-order valence-electron chi connectivity index (χ4n) is 4.16. The van der Waals surface area contributed by atoms with Gasteiger partial charge in [-0.3, -0.25) is 9.36 Å². The van der Waals surface area contributed by atoms with Crippen LogP contribution in [0.1, 0.15) is 44.9 Å². The second-order valence-corrected chi connectivity index (χ2v) is 9.97. The molecule has 4 rings (SSSR count). The highest BCUT2D eigenvalue weighted by Crippen LogP contribution is 2.28. The monoisotopic (exact) mass is 498 g/mol. The van der Waals surface area contributed by atoms with Crippen molar-refractivity contribution in [1.82, 2.24) is 20.1 Å². The predicted molar refractivity (Wildman–Crippen MR) is 134 cm³/mol. The van der Waals surface area contributed by atoms with Gasteiger partial charge in [-0.15, -0.1) is 10.2 Å². The van der Waals surface area contributed by atoms with Crippen LogP contribution in [-0.4, -0.2) is 39.6 Å². The topological polar surface area (TPSA) is 78.3 Å². The number of halogens is 1. The van der Waals surface area contributed by atoms with Crippen molar-refractivity contribution in [2.75, 3.05) is 13.7 Å². The lowest BCUT2D eigenvalue weighted by Crippen LogP contribution is -2.35. The first-order valence-corrected chi connectivity index (χ1v) is 12.8. The molecule has 1 N–H and O–H groups in total. The Hall–Kier alpha value is -3.07. The van der Waals surface area contributed by atoms with E-state index in [4.69, 9.17) is 9.47 Å². The Bertz CT molecular complexity index is 1120. The van der Waals surface area contributed by atoms with Crippen molar-refractivity contribution in [1.29, 1.82) is 0 Å². The average Bonchev–Trinajstić information content (AvgIpc) is 3.29. The summed E-state index contributed by atoms with van der Waals surface area (Å²) in [5.41, 5.74) is 0.308. The van der Waals surface area contributed by atoms with E-state index in [9.17, 15) is 9.18 Å². The number of nitrogens with zero attached hydrogens (tertiary/aromatic N) is 3. The molecule has 1 unspecified atom stereocenters. The summed E-state index contributed by atoms with van der Waals surface area (Å²) >= 11 is 1.25. The SMILES string of the molecule is COc1ccc(OCc2nnc(SC(C)C(=O)NCC3CCCCC3)n2-c2ccccc2F)cc1. The smallest absolute Gasteiger partial charge is 0.233 e. The summed E-state index contributed by atoms with van der Waals surface area (Å²) in [6.07, 6.45) is 6.09. The number of hydrogen-bond acceptors (Lipinski definition) is 6. The van der Waals surface area contributed by atoms with Crippen LogP contribution >= 0.6 is 11.8 Å². The van der Waals surface area contributed by atoms with Crippen molar-refractivity contribution in [3.05, 3.63) is 60.2 Å². The van der Waals surface area contributed by atoms with Gasteiger partial charge in [0.15, 0.2) is 11.0 Å². The van der Waals surface area contributed by atoms with Gasteiger partial charge >= 0.3 is 0 Å². The van der Waals surface area contributed by atoms with E-state index in [2.05, 4.69) is 15.5 Å². The third-order valence-electron chi connectivity index (χ3n) is 6.16. The summed E-state index contributed by atoms with van der Waals surface area (Å²) in [4.78, 5) is 12.8. The van der Waals surface area contributed by atoms with E-state index < -0.39 is 11.1 Å². The van der Waals surface area contributed by atoms with Crippen LogP contribution in [0.5, 0.6) is 11.5 Å². The fraction of sp³-hybridized carbons (Fsp3) is 0.423. The second-order valence-electron chi connectivity index (χ2n) is 8.66. The summed E-state index contributed by atoms with van der Waals surface area (Å²) in [6, 6.07) is 13.6. The maximum absolute atomic E-state index is 14.8. The largest absolute Gasteiger partial charge is 0.497 e. The Morgan fingerprint density at radius 1 is 1.11 bits per heavy atom. The minimum atomic E-state index is -0.413. The van der Waals surface area contributed by atoms with E-state index in [1.165, 1.54) is 49.9 Å². The number of aromatic nitrogens is 3. The van der Waals surface area contributed by atoms with Gasteiger partial charge in [-0.25, -0.2) is 4.39 Å². The zero-order valence-electron chi connectivity index (χ0n) is 20.1. The molecule has 1 aromatic heterocycles. The van der Waals surface area contributed by atoms with E-state index in [1.54, 1.807) is 54.1 Å². The van der Waals surface area contributed by atoms with Crippen LogP contribution in [-0.2, 0) is 11.4 Å². The number of ether oxygens (including phenoxy) is 2. The minimum absolute atomic E-state index is 0.0558. The van der Waals surface area contributed by atoms with Crippen molar-refractivity contribution in [2.45, 2.75) is 56.0 Å². The molecule has 0 bridgehead atoms. The van der Waals surface area contributed by atoms with Gasteiger partial charge in [0.1, 0.15) is 23.9 Å².